The maximum Gasteiger partial charge on any atom is 0.308 e. The summed E-state index contributed by atoms with van der Waals surface area (Å²) >= 11 is 0. The number of aliphatic hydroxyl groups excluding tert-OH is 13. The SMILES string of the molecule is CC1[C@H](C)OC(=O)C[C@H](O)C[C@H](O)CC[C@H](O)[C@H](O)C[C@H](O)C[C@]2(O)C[C@H](O)C(C(=O)N[C@H]3C(O)O[C@H](CO)[C@H](O)[C@@H]3O)C(C[C@@H](O[C@@H]3O[C@H](C)[C@@H](O)[C@H](N)[C@@H]3O)/C=C/C=C/C=C/C=C/C=C/C=C/C=C\[C@H](C)[C@H]1O)O2. The second-order valence-corrected chi connectivity index (χ2v) is 20.5. The molecule has 3 saturated heterocycles. The first-order valence-electron chi connectivity index (χ1n) is 25.9. The maximum absolute atomic E-state index is 14.2. The molecule has 24 atom stereocenters. The minimum absolute atomic E-state index is 0.154. The van der Waals surface area contributed by atoms with Crippen molar-refractivity contribution in [2.45, 2.75) is 207 Å². The van der Waals surface area contributed by atoms with Crippen LogP contribution in [0.3, 0.4) is 0 Å². The molecule has 23 nitrogen and oxygen atoms in total. The van der Waals surface area contributed by atoms with Crippen molar-refractivity contribution in [1.82, 2.24) is 5.32 Å². The molecule has 0 aromatic rings. The van der Waals surface area contributed by atoms with Gasteiger partial charge in [0.25, 0.3) is 0 Å². The number of amides is 1. The first-order valence-corrected chi connectivity index (χ1v) is 25.9. The fourth-order valence-electron chi connectivity index (χ4n) is 9.50. The van der Waals surface area contributed by atoms with Crippen LogP contribution in [0.15, 0.2) is 85.1 Å². The molecule has 17 N–H and O–H groups in total. The van der Waals surface area contributed by atoms with Crippen LogP contribution in [0.25, 0.3) is 0 Å². The summed E-state index contributed by atoms with van der Waals surface area (Å²) in [5, 5.41) is 154. The molecule has 2 bridgehead atoms. The number of esters is 1. The minimum Gasteiger partial charge on any atom is -0.462 e. The molecule has 432 valence electrons. The van der Waals surface area contributed by atoms with Gasteiger partial charge in [0, 0.05) is 37.5 Å². The Hall–Kier alpha value is -3.64. The summed E-state index contributed by atoms with van der Waals surface area (Å²) in [6.45, 7) is 5.88. The Kier molecular flexibility index (Phi) is 26.7. The van der Waals surface area contributed by atoms with Crippen LogP contribution in [0.5, 0.6) is 0 Å². The molecule has 4 rings (SSSR count). The fourth-order valence-corrected chi connectivity index (χ4v) is 9.50. The van der Waals surface area contributed by atoms with Crippen molar-refractivity contribution in [2.24, 2.45) is 23.5 Å². The van der Waals surface area contributed by atoms with Gasteiger partial charge in [0.1, 0.15) is 36.6 Å². The molecular weight excluding hydrogens is 1000 g/mol. The maximum atomic E-state index is 14.2. The van der Waals surface area contributed by atoms with E-state index in [9.17, 15) is 81.1 Å². The van der Waals surface area contributed by atoms with E-state index in [1.54, 1.807) is 92.8 Å². The number of ether oxygens (including phenoxy) is 5. The van der Waals surface area contributed by atoms with Crippen molar-refractivity contribution in [3.8, 4) is 0 Å². The summed E-state index contributed by atoms with van der Waals surface area (Å²) in [4.78, 5) is 26.9. The molecule has 23 heteroatoms. The Labute approximate surface area is 443 Å². The van der Waals surface area contributed by atoms with E-state index >= 15 is 0 Å². The number of fused-ring (bicyclic) bond motifs is 2. The van der Waals surface area contributed by atoms with Crippen molar-refractivity contribution in [3.63, 3.8) is 0 Å². The summed E-state index contributed by atoms with van der Waals surface area (Å²) in [5.74, 6) is -6.76. The fraction of sp³-hybridized carbons (Fsp3) is 0.698. The molecule has 4 aliphatic heterocycles. The third kappa shape index (κ3) is 19.6. The first-order chi connectivity index (χ1) is 35.9. The average molecular weight is 1090 g/mol. The molecule has 0 radical (unpaired) electrons. The van der Waals surface area contributed by atoms with E-state index in [1.807, 2.05) is 6.92 Å². The summed E-state index contributed by atoms with van der Waals surface area (Å²) in [6.07, 6.45) is -5.57. The van der Waals surface area contributed by atoms with E-state index in [-0.39, 0.29) is 25.2 Å². The Morgan fingerprint density at radius 2 is 1.25 bits per heavy atom. The molecular formula is C53H84N2O21. The molecule has 0 aromatic heterocycles. The van der Waals surface area contributed by atoms with E-state index < -0.39 is 191 Å². The zero-order valence-corrected chi connectivity index (χ0v) is 43.4. The van der Waals surface area contributed by atoms with Gasteiger partial charge in [-0.25, -0.2) is 0 Å². The number of hydrogen-bond acceptors (Lipinski definition) is 22. The molecule has 4 heterocycles. The summed E-state index contributed by atoms with van der Waals surface area (Å²) in [5.41, 5.74) is 6.10. The van der Waals surface area contributed by atoms with Gasteiger partial charge in [-0.3, -0.25) is 9.59 Å². The highest BCUT2D eigenvalue weighted by atomic mass is 16.7. The summed E-state index contributed by atoms with van der Waals surface area (Å²) < 4.78 is 28.8. The Morgan fingerprint density at radius 3 is 1.86 bits per heavy atom. The van der Waals surface area contributed by atoms with Gasteiger partial charge >= 0.3 is 5.97 Å². The molecule has 0 spiro atoms. The van der Waals surface area contributed by atoms with Gasteiger partial charge in [-0.1, -0.05) is 98.9 Å². The third-order valence-electron chi connectivity index (χ3n) is 14.2. The van der Waals surface area contributed by atoms with Crippen LogP contribution in [0.1, 0.15) is 79.1 Å². The van der Waals surface area contributed by atoms with Crippen molar-refractivity contribution >= 4 is 11.9 Å². The highest BCUT2D eigenvalue weighted by Gasteiger charge is 2.53. The monoisotopic (exact) mass is 1080 g/mol. The molecule has 0 aromatic carbocycles. The predicted octanol–water partition coefficient (Wildman–Crippen LogP) is -2.46. The molecule has 0 saturated carbocycles. The zero-order chi connectivity index (χ0) is 56.4. The number of nitrogens with one attached hydrogen (secondary N) is 1. The number of cyclic esters (lactones) is 1. The van der Waals surface area contributed by atoms with Gasteiger partial charge < -0.3 is 106 Å². The molecule has 76 heavy (non-hydrogen) atoms. The summed E-state index contributed by atoms with van der Waals surface area (Å²) in [6, 6.07) is -2.93. The van der Waals surface area contributed by atoms with E-state index in [1.165, 1.54) is 13.0 Å². The predicted molar refractivity (Wildman–Crippen MR) is 271 cm³/mol. The van der Waals surface area contributed by atoms with Crippen molar-refractivity contribution < 1.29 is 105 Å². The summed E-state index contributed by atoms with van der Waals surface area (Å²) in [7, 11) is 0. The highest BCUT2D eigenvalue weighted by Crippen LogP contribution is 2.39. The number of allylic oxidation sites excluding steroid dienone is 12. The lowest BCUT2D eigenvalue weighted by Gasteiger charge is -2.47. The molecule has 0 aliphatic carbocycles. The van der Waals surface area contributed by atoms with Crippen LogP contribution in [-0.4, -0.2) is 218 Å². The van der Waals surface area contributed by atoms with Crippen molar-refractivity contribution in [1.29, 1.82) is 0 Å². The van der Waals surface area contributed by atoms with Gasteiger partial charge in [0.15, 0.2) is 18.4 Å². The number of aliphatic hydroxyl groups is 14. The molecule has 4 unspecified atom stereocenters. The Bertz CT molecular complexity index is 1990. The number of hydrogen-bond donors (Lipinski definition) is 16. The van der Waals surface area contributed by atoms with Gasteiger partial charge in [0.2, 0.25) is 5.91 Å². The smallest absolute Gasteiger partial charge is 0.308 e. The number of carbonyl (C=O) groups excluding carboxylic acids is 2. The third-order valence-corrected chi connectivity index (χ3v) is 14.2. The van der Waals surface area contributed by atoms with Crippen LogP contribution in [0, 0.1) is 17.8 Å². The van der Waals surface area contributed by atoms with Crippen LogP contribution in [0.4, 0.5) is 0 Å². The number of rotatable bonds is 5. The van der Waals surface area contributed by atoms with Crippen LogP contribution in [0.2, 0.25) is 0 Å². The van der Waals surface area contributed by atoms with Crippen molar-refractivity contribution in [3.05, 3.63) is 85.1 Å². The lowest BCUT2D eigenvalue weighted by Crippen LogP contribution is -2.66. The Balaban J connectivity index is 1.65. The second-order valence-electron chi connectivity index (χ2n) is 20.5. The van der Waals surface area contributed by atoms with E-state index in [0.29, 0.717) is 0 Å². The standard InChI is InChI=1S/C53H84N2O21/c1-28-17-15-13-11-9-7-5-6-8-10-12-14-16-18-35(74-52-48(67)43(54)46(65)31(4)73-52)24-39-42(50(69)55-44-49(68)47(66)40(27-56)75-51(44)70)38(62)26-53(71,76-39)25-34(59)22-37(61)36(60)20-19-32(57)21-33(58)23-41(63)72-30(3)29(2)45(28)64/h5-18,28-40,42-49,51-52,56-62,64-68,70-71H,19-27,54H2,1-4H3,(H,55,69)/b6-5+,9-7+,10-8+,13-11+,14-12+,17-15-,18-16+/t28-,29?,30-,31+,32+,33+,34-,35-,36-,37+,38-,39?,40+,42?,43-,44+,45+,46+,47-,48-,49+,51?,52-,53+/m0/s1. The van der Waals surface area contributed by atoms with Crippen LogP contribution in [-0.2, 0) is 33.3 Å². The average Bonchev–Trinajstić information content (AvgIpc) is 3.34. The van der Waals surface area contributed by atoms with Gasteiger partial charge in [0.05, 0.1) is 92.1 Å². The van der Waals surface area contributed by atoms with Crippen molar-refractivity contribution in [2.75, 3.05) is 6.61 Å². The van der Waals surface area contributed by atoms with E-state index in [2.05, 4.69) is 5.32 Å². The van der Waals surface area contributed by atoms with Gasteiger partial charge in [-0.15, -0.1) is 0 Å². The van der Waals surface area contributed by atoms with Gasteiger partial charge in [-0.2, -0.15) is 0 Å². The minimum atomic E-state index is -2.46. The number of nitrogens with two attached hydrogens (primary N) is 1. The normalized spacial score (nSPS) is 46.7. The Morgan fingerprint density at radius 1 is 0.658 bits per heavy atom. The van der Waals surface area contributed by atoms with E-state index in [4.69, 9.17) is 29.4 Å². The van der Waals surface area contributed by atoms with Crippen LogP contribution >= 0.6 is 0 Å². The quantitative estimate of drug-likeness (QED) is 0.127. The molecule has 3 fully saturated rings. The largest absolute Gasteiger partial charge is 0.462 e. The van der Waals surface area contributed by atoms with E-state index in [0.717, 1.165) is 0 Å². The number of carbonyl (C=O) groups is 2. The second kappa shape index (κ2) is 31.2. The lowest BCUT2D eigenvalue weighted by molar-refractivity contribution is -0.307. The first kappa shape index (κ1) is 64.9. The lowest BCUT2D eigenvalue weighted by atomic mass is 9.81. The molecule has 1 amide bonds. The van der Waals surface area contributed by atoms with Gasteiger partial charge in [-0.05, 0) is 33.1 Å². The molecule has 4 aliphatic rings. The van der Waals surface area contributed by atoms with Crippen LogP contribution < -0.4 is 11.1 Å². The highest BCUT2D eigenvalue weighted by molar-refractivity contribution is 5.80. The zero-order valence-electron chi connectivity index (χ0n) is 43.4. The topological polar surface area (TPSA) is 402 Å².